The summed E-state index contributed by atoms with van der Waals surface area (Å²) in [5.41, 5.74) is 3.34. The van der Waals surface area contributed by atoms with Crippen molar-refractivity contribution in [2.24, 2.45) is 5.84 Å². The number of nitrogens with two attached hydrogens (primary N) is 1. The molecular weight excluding hydrogens is 315 g/mol. The van der Waals surface area contributed by atoms with Crippen LogP contribution in [0.25, 0.3) is 0 Å². The van der Waals surface area contributed by atoms with Crippen molar-refractivity contribution in [3.05, 3.63) is 34.1 Å². The van der Waals surface area contributed by atoms with E-state index in [0.29, 0.717) is 31.8 Å². The summed E-state index contributed by atoms with van der Waals surface area (Å²) >= 11 is 3.23. The van der Waals surface area contributed by atoms with Crippen molar-refractivity contribution in [3.8, 4) is 0 Å². The maximum absolute atomic E-state index is 13.7. The van der Waals surface area contributed by atoms with Gasteiger partial charge in [0.1, 0.15) is 5.82 Å². The van der Waals surface area contributed by atoms with Crippen LogP contribution in [-0.2, 0) is 15.9 Å². The highest BCUT2D eigenvalue weighted by Crippen LogP contribution is 2.17. The lowest BCUT2D eigenvalue weighted by Crippen LogP contribution is -2.38. The highest BCUT2D eigenvalue weighted by molar-refractivity contribution is 9.10. The summed E-state index contributed by atoms with van der Waals surface area (Å²) in [6.07, 6.45) is 1.25. The normalized spacial score (nSPS) is 12.6. The van der Waals surface area contributed by atoms with Gasteiger partial charge in [-0.2, -0.15) is 0 Å². The van der Waals surface area contributed by atoms with E-state index < -0.39 is 0 Å². The van der Waals surface area contributed by atoms with Gasteiger partial charge in [-0.25, -0.2) is 4.39 Å². The number of benzene rings is 1. The van der Waals surface area contributed by atoms with E-state index in [9.17, 15) is 4.39 Å². The van der Waals surface area contributed by atoms with Gasteiger partial charge >= 0.3 is 0 Å². The Morgan fingerprint density at radius 3 is 2.79 bits per heavy atom. The van der Waals surface area contributed by atoms with Crippen molar-refractivity contribution < 1.29 is 13.9 Å². The fourth-order valence-corrected chi connectivity index (χ4v) is 2.00. The van der Waals surface area contributed by atoms with E-state index in [4.69, 9.17) is 15.3 Å². The number of ether oxygens (including phenoxy) is 2. The van der Waals surface area contributed by atoms with Crippen molar-refractivity contribution >= 4 is 15.9 Å². The number of nitrogens with one attached hydrogen (secondary N) is 1. The Labute approximate surface area is 121 Å². The Morgan fingerprint density at radius 1 is 1.37 bits per heavy atom. The summed E-state index contributed by atoms with van der Waals surface area (Å²) in [6, 6.07) is 5.02. The molecule has 1 rings (SSSR count). The first-order valence-corrected chi connectivity index (χ1v) is 6.93. The Balaban J connectivity index is 2.39. The first-order valence-electron chi connectivity index (χ1n) is 6.14. The maximum atomic E-state index is 13.7. The molecule has 6 heteroatoms. The molecule has 0 aliphatic carbocycles. The summed E-state index contributed by atoms with van der Waals surface area (Å²) in [5.74, 6) is 5.25. The second-order valence-corrected chi connectivity index (χ2v) is 5.11. The van der Waals surface area contributed by atoms with Crippen molar-refractivity contribution in [1.82, 2.24) is 5.43 Å². The van der Waals surface area contributed by atoms with Crippen LogP contribution in [0, 0.1) is 5.82 Å². The van der Waals surface area contributed by atoms with Gasteiger partial charge in [-0.1, -0.05) is 22.0 Å². The van der Waals surface area contributed by atoms with Crippen LogP contribution >= 0.6 is 15.9 Å². The summed E-state index contributed by atoms with van der Waals surface area (Å²) in [4.78, 5) is 0. The number of hydrogen-bond donors (Lipinski definition) is 2. The second-order valence-electron chi connectivity index (χ2n) is 4.20. The lowest BCUT2D eigenvalue weighted by molar-refractivity contribution is 0.0658. The van der Waals surface area contributed by atoms with Gasteiger partial charge < -0.3 is 9.47 Å². The molecule has 1 aromatic carbocycles. The summed E-state index contributed by atoms with van der Waals surface area (Å²) in [5, 5.41) is 0. The monoisotopic (exact) mass is 334 g/mol. The van der Waals surface area contributed by atoms with Crippen molar-refractivity contribution in [3.63, 3.8) is 0 Å². The third-order valence-electron chi connectivity index (χ3n) is 2.76. The lowest BCUT2D eigenvalue weighted by Gasteiger charge is -2.16. The van der Waals surface area contributed by atoms with E-state index >= 15 is 0 Å². The molecule has 0 fully saturated rings. The van der Waals surface area contributed by atoms with E-state index in [1.165, 1.54) is 6.07 Å². The van der Waals surface area contributed by atoms with E-state index in [0.717, 1.165) is 10.9 Å². The van der Waals surface area contributed by atoms with Gasteiger partial charge in [-0.3, -0.25) is 11.3 Å². The molecule has 0 aliphatic rings. The molecule has 108 valence electrons. The SMILES string of the molecule is COCCOCCC(Cc1ccc(Br)cc1F)NN. The molecule has 0 radical (unpaired) electrons. The standard InChI is InChI=1S/C13H20BrFN2O2/c1-18-6-7-19-5-4-12(17-16)8-10-2-3-11(14)9-13(10)15/h2-3,9,12,17H,4-8,16H2,1H3. The average molecular weight is 335 g/mol. The van der Waals surface area contributed by atoms with Gasteiger partial charge in [0.25, 0.3) is 0 Å². The Hall–Kier alpha value is -0.530. The van der Waals surface area contributed by atoms with E-state index in [1.807, 2.05) is 6.07 Å². The summed E-state index contributed by atoms with van der Waals surface area (Å²) in [7, 11) is 1.63. The van der Waals surface area contributed by atoms with Crippen LogP contribution in [0.15, 0.2) is 22.7 Å². The number of hydrogen-bond acceptors (Lipinski definition) is 4. The fraction of sp³-hybridized carbons (Fsp3) is 0.538. The molecule has 0 amide bonds. The van der Waals surface area contributed by atoms with Crippen LogP contribution in [0.3, 0.4) is 0 Å². The number of methoxy groups -OCH3 is 1. The molecule has 1 aromatic rings. The Morgan fingerprint density at radius 2 is 2.16 bits per heavy atom. The molecule has 19 heavy (non-hydrogen) atoms. The highest BCUT2D eigenvalue weighted by atomic mass is 79.9. The van der Waals surface area contributed by atoms with Gasteiger partial charge in [0, 0.05) is 24.2 Å². The molecule has 0 spiro atoms. The average Bonchev–Trinajstić information content (AvgIpc) is 2.39. The summed E-state index contributed by atoms with van der Waals surface area (Å²) in [6.45, 7) is 1.69. The number of halogens is 2. The van der Waals surface area contributed by atoms with Crippen molar-refractivity contribution in [2.45, 2.75) is 18.9 Å². The minimum absolute atomic E-state index is 0.0155. The highest BCUT2D eigenvalue weighted by Gasteiger charge is 2.11. The molecular formula is C13H20BrFN2O2. The van der Waals surface area contributed by atoms with Crippen LogP contribution in [0.2, 0.25) is 0 Å². The van der Waals surface area contributed by atoms with Gasteiger partial charge in [-0.15, -0.1) is 0 Å². The smallest absolute Gasteiger partial charge is 0.127 e. The molecule has 1 atom stereocenters. The molecule has 0 saturated carbocycles. The minimum Gasteiger partial charge on any atom is -0.382 e. The fourth-order valence-electron chi connectivity index (χ4n) is 1.67. The van der Waals surface area contributed by atoms with Crippen molar-refractivity contribution in [2.75, 3.05) is 26.9 Å². The molecule has 0 aliphatic heterocycles. The minimum atomic E-state index is -0.227. The summed E-state index contributed by atoms with van der Waals surface area (Å²) < 4.78 is 24.7. The maximum Gasteiger partial charge on any atom is 0.127 e. The van der Waals surface area contributed by atoms with Crippen molar-refractivity contribution in [1.29, 1.82) is 0 Å². The Kier molecular flexibility index (Phi) is 8.16. The largest absolute Gasteiger partial charge is 0.382 e. The van der Waals surface area contributed by atoms with E-state index in [-0.39, 0.29) is 11.9 Å². The molecule has 0 aromatic heterocycles. The molecule has 0 heterocycles. The zero-order valence-electron chi connectivity index (χ0n) is 11.0. The second kappa shape index (κ2) is 9.39. The zero-order chi connectivity index (χ0) is 14.1. The zero-order valence-corrected chi connectivity index (χ0v) is 12.6. The lowest BCUT2D eigenvalue weighted by atomic mass is 10.0. The Bertz CT molecular complexity index is 380. The van der Waals surface area contributed by atoms with Gasteiger partial charge in [-0.05, 0) is 30.5 Å². The first-order chi connectivity index (χ1) is 9.17. The van der Waals surface area contributed by atoms with Crippen LogP contribution in [0.5, 0.6) is 0 Å². The molecule has 4 nitrogen and oxygen atoms in total. The van der Waals surface area contributed by atoms with Gasteiger partial charge in [0.2, 0.25) is 0 Å². The molecule has 0 bridgehead atoms. The third kappa shape index (κ3) is 6.44. The number of hydrazine groups is 1. The van der Waals surface area contributed by atoms with Crippen LogP contribution in [-0.4, -0.2) is 33.0 Å². The van der Waals surface area contributed by atoms with Crippen LogP contribution in [0.4, 0.5) is 4.39 Å². The first kappa shape index (κ1) is 16.5. The molecule has 0 saturated heterocycles. The van der Waals surface area contributed by atoms with E-state index in [1.54, 1.807) is 13.2 Å². The third-order valence-corrected chi connectivity index (χ3v) is 3.25. The van der Waals surface area contributed by atoms with E-state index in [2.05, 4.69) is 21.4 Å². The topological polar surface area (TPSA) is 56.5 Å². The van der Waals surface area contributed by atoms with Crippen LogP contribution in [0.1, 0.15) is 12.0 Å². The molecule has 1 unspecified atom stereocenters. The van der Waals surface area contributed by atoms with Gasteiger partial charge in [0.15, 0.2) is 0 Å². The number of rotatable bonds is 9. The predicted octanol–water partition coefficient (Wildman–Crippen LogP) is 2.02. The quantitative estimate of drug-likeness (QED) is 0.412. The van der Waals surface area contributed by atoms with Crippen LogP contribution < -0.4 is 11.3 Å². The van der Waals surface area contributed by atoms with Gasteiger partial charge in [0.05, 0.1) is 13.2 Å². The molecule has 3 N–H and O–H groups in total. The predicted molar refractivity (Wildman–Crippen MR) is 76.2 cm³/mol.